The molecule has 0 aliphatic rings. The Morgan fingerprint density at radius 1 is 1.50 bits per heavy atom. The van der Waals surface area contributed by atoms with Gasteiger partial charge in [-0.2, -0.15) is 5.10 Å². The van der Waals surface area contributed by atoms with Gasteiger partial charge in [0.1, 0.15) is 5.75 Å². The first kappa shape index (κ1) is 12.2. The molecule has 5 heteroatoms. The third-order valence-corrected chi connectivity index (χ3v) is 2.62. The van der Waals surface area contributed by atoms with Gasteiger partial charge in [0.2, 0.25) is 5.91 Å². The normalized spacial score (nSPS) is 10.1. The van der Waals surface area contributed by atoms with Crippen LogP contribution < -0.4 is 10.1 Å². The van der Waals surface area contributed by atoms with Crippen LogP contribution in [0.2, 0.25) is 0 Å². The molecule has 1 aromatic heterocycles. The van der Waals surface area contributed by atoms with Crippen LogP contribution in [0, 0.1) is 0 Å². The highest BCUT2D eigenvalue weighted by Crippen LogP contribution is 2.31. The van der Waals surface area contributed by atoms with Gasteiger partial charge in [0.15, 0.2) is 0 Å². The van der Waals surface area contributed by atoms with E-state index in [0.29, 0.717) is 12.2 Å². The molecular weight excluding hydrogens is 230 g/mol. The van der Waals surface area contributed by atoms with E-state index < -0.39 is 0 Å². The smallest absolute Gasteiger partial charge is 0.224 e. The van der Waals surface area contributed by atoms with Crippen molar-refractivity contribution in [3.05, 3.63) is 30.6 Å². The van der Waals surface area contributed by atoms with E-state index >= 15 is 0 Å². The molecule has 1 heterocycles. The average molecular weight is 245 g/mol. The first-order chi connectivity index (χ1) is 8.74. The third-order valence-electron chi connectivity index (χ3n) is 2.62. The maximum absolute atomic E-state index is 11.3. The van der Waals surface area contributed by atoms with Crippen LogP contribution in [0.3, 0.4) is 0 Å². The fourth-order valence-corrected chi connectivity index (χ4v) is 1.66. The number of amides is 1. The van der Waals surface area contributed by atoms with E-state index in [1.54, 1.807) is 25.6 Å². The molecule has 18 heavy (non-hydrogen) atoms. The number of hydrogen-bond donors (Lipinski definition) is 2. The number of ether oxygens (including phenoxy) is 1. The Bertz CT molecular complexity index is 535. The third kappa shape index (κ3) is 2.51. The summed E-state index contributed by atoms with van der Waals surface area (Å²) in [7, 11) is 1.60. The number of aromatic amines is 1. The monoisotopic (exact) mass is 245 g/mol. The SMILES string of the molecule is CCC(=O)Nc1ccc(-c2cn[nH]c2)c(OC)c1. The molecule has 1 aromatic carbocycles. The lowest BCUT2D eigenvalue weighted by molar-refractivity contribution is -0.115. The molecule has 1 amide bonds. The van der Waals surface area contributed by atoms with Gasteiger partial charge in [-0.3, -0.25) is 9.89 Å². The number of nitrogens with one attached hydrogen (secondary N) is 2. The fourth-order valence-electron chi connectivity index (χ4n) is 1.66. The van der Waals surface area contributed by atoms with Crippen molar-refractivity contribution in [3.63, 3.8) is 0 Å². The van der Waals surface area contributed by atoms with Gasteiger partial charge in [0.25, 0.3) is 0 Å². The van der Waals surface area contributed by atoms with E-state index in [-0.39, 0.29) is 5.91 Å². The number of rotatable bonds is 4. The van der Waals surface area contributed by atoms with E-state index in [4.69, 9.17) is 4.74 Å². The summed E-state index contributed by atoms with van der Waals surface area (Å²) >= 11 is 0. The Balaban J connectivity index is 2.32. The lowest BCUT2D eigenvalue weighted by Crippen LogP contribution is -2.09. The van der Waals surface area contributed by atoms with Crippen molar-refractivity contribution in [2.45, 2.75) is 13.3 Å². The number of H-pyrrole nitrogens is 1. The Labute approximate surface area is 105 Å². The van der Waals surface area contributed by atoms with Crippen molar-refractivity contribution in [3.8, 4) is 16.9 Å². The zero-order valence-corrected chi connectivity index (χ0v) is 10.4. The lowest BCUT2D eigenvalue weighted by atomic mass is 10.1. The van der Waals surface area contributed by atoms with Gasteiger partial charge in [-0.15, -0.1) is 0 Å². The highest BCUT2D eigenvalue weighted by atomic mass is 16.5. The van der Waals surface area contributed by atoms with Crippen molar-refractivity contribution in [1.29, 1.82) is 0 Å². The Morgan fingerprint density at radius 3 is 2.94 bits per heavy atom. The van der Waals surface area contributed by atoms with Crippen molar-refractivity contribution >= 4 is 11.6 Å². The fraction of sp³-hybridized carbons (Fsp3) is 0.231. The molecule has 94 valence electrons. The van der Waals surface area contributed by atoms with E-state index in [1.165, 1.54) is 0 Å². The summed E-state index contributed by atoms with van der Waals surface area (Å²) in [6, 6.07) is 5.54. The van der Waals surface area contributed by atoms with Gasteiger partial charge in [-0.25, -0.2) is 0 Å². The molecule has 0 atom stereocenters. The quantitative estimate of drug-likeness (QED) is 0.869. The van der Waals surface area contributed by atoms with Gasteiger partial charge in [-0.1, -0.05) is 6.92 Å². The molecule has 0 saturated heterocycles. The van der Waals surface area contributed by atoms with Crippen LogP contribution in [0.4, 0.5) is 5.69 Å². The molecule has 2 aromatic rings. The van der Waals surface area contributed by atoms with E-state index in [0.717, 1.165) is 16.8 Å². The maximum atomic E-state index is 11.3. The topological polar surface area (TPSA) is 67.0 Å². The minimum absolute atomic E-state index is 0.0203. The van der Waals surface area contributed by atoms with Crippen molar-refractivity contribution in [1.82, 2.24) is 10.2 Å². The van der Waals surface area contributed by atoms with Gasteiger partial charge in [-0.05, 0) is 12.1 Å². The molecule has 0 radical (unpaired) electrons. The highest BCUT2D eigenvalue weighted by molar-refractivity contribution is 5.91. The summed E-state index contributed by atoms with van der Waals surface area (Å²) in [5.74, 6) is 0.679. The van der Waals surface area contributed by atoms with Crippen LogP contribution in [-0.4, -0.2) is 23.2 Å². The molecule has 5 nitrogen and oxygen atoms in total. The Kier molecular flexibility index (Phi) is 3.62. The predicted octanol–water partition coefficient (Wildman–Crippen LogP) is 2.43. The number of benzene rings is 1. The summed E-state index contributed by atoms with van der Waals surface area (Å²) in [5.41, 5.74) is 2.60. The minimum Gasteiger partial charge on any atom is -0.496 e. The molecule has 0 aliphatic carbocycles. The molecule has 2 N–H and O–H groups in total. The molecule has 0 fully saturated rings. The summed E-state index contributed by atoms with van der Waals surface area (Å²) in [6.07, 6.45) is 3.97. The van der Waals surface area contributed by atoms with Crippen LogP contribution in [0.15, 0.2) is 30.6 Å². The first-order valence-electron chi connectivity index (χ1n) is 5.71. The second kappa shape index (κ2) is 5.35. The van der Waals surface area contributed by atoms with Crippen LogP contribution in [-0.2, 0) is 4.79 Å². The number of methoxy groups -OCH3 is 1. The van der Waals surface area contributed by atoms with Crippen LogP contribution in [0.1, 0.15) is 13.3 Å². The molecule has 0 unspecified atom stereocenters. The first-order valence-corrected chi connectivity index (χ1v) is 5.71. The van der Waals surface area contributed by atoms with Gasteiger partial charge >= 0.3 is 0 Å². The number of carbonyl (C=O) groups is 1. The van der Waals surface area contributed by atoms with Crippen LogP contribution in [0.25, 0.3) is 11.1 Å². The average Bonchev–Trinajstić information content (AvgIpc) is 2.92. The van der Waals surface area contributed by atoms with Crippen LogP contribution in [0.5, 0.6) is 5.75 Å². The molecule has 0 aliphatic heterocycles. The predicted molar refractivity (Wildman–Crippen MR) is 69.5 cm³/mol. The summed E-state index contributed by atoms with van der Waals surface area (Å²) in [6.45, 7) is 1.81. The largest absolute Gasteiger partial charge is 0.496 e. The zero-order chi connectivity index (χ0) is 13.0. The van der Waals surface area contributed by atoms with E-state index in [2.05, 4.69) is 15.5 Å². The summed E-state index contributed by atoms with van der Waals surface area (Å²) in [5, 5.41) is 9.46. The molecular formula is C13H15N3O2. The zero-order valence-electron chi connectivity index (χ0n) is 10.4. The summed E-state index contributed by atoms with van der Waals surface area (Å²) < 4.78 is 5.33. The standard InChI is InChI=1S/C13H15N3O2/c1-3-13(17)16-10-4-5-11(12(6-10)18-2)9-7-14-15-8-9/h4-8H,3H2,1-2H3,(H,14,15)(H,16,17). The van der Waals surface area contributed by atoms with Crippen molar-refractivity contribution in [2.75, 3.05) is 12.4 Å². The number of anilines is 1. The molecule has 0 bridgehead atoms. The Morgan fingerprint density at radius 2 is 2.33 bits per heavy atom. The van der Waals surface area contributed by atoms with Gasteiger partial charge in [0, 0.05) is 35.5 Å². The maximum Gasteiger partial charge on any atom is 0.224 e. The number of nitrogens with zero attached hydrogens (tertiary/aromatic N) is 1. The Hall–Kier alpha value is -2.30. The molecule has 0 saturated carbocycles. The number of hydrogen-bond acceptors (Lipinski definition) is 3. The van der Waals surface area contributed by atoms with Gasteiger partial charge in [0.05, 0.1) is 13.3 Å². The number of carbonyl (C=O) groups excluding carboxylic acids is 1. The molecule has 0 spiro atoms. The minimum atomic E-state index is -0.0203. The van der Waals surface area contributed by atoms with Crippen LogP contribution >= 0.6 is 0 Å². The van der Waals surface area contributed by atoms with E-state index in [1.807, 2.05) is 19.1 Å². The van der Waals surface area contributed by atoms with E-state index in [9.17, 15) is 4.79 Å². The van der Waals surface area contributed by atoms with Crippen molar-refractivity contribution in [2.24, 2.45) is 0 Å². The lowest BCUT2D eigenvalue weighted by Gasteiger charge is -2.10. The number of aromatic nitrogens is 2. The van der Waals surface area contributed by atoms with Crippen molar-refractivity contribution < 1.29 is 9.53 Å². The second-order valence-corrected chi connectivity index (χ2v) is 3.80. The summed E-state index contributed by atoms with van der Waals surface area (Å²) in [4.78, 5) is 11.3. The highest BCUT2D eigenvalue weighted by Gasteiger charge is 2.08. The van der Waals surface area contributed by atoms with Gasteiger partial charge < -0.3 is 10.1 Å². The molecule has 2 rings (SSSR count). The second-order valence-electron chi connectivity index (χ2n) is 3.80.